The maximum absolute atomic E-state index is 11.6. The van der Waals surface area contributed by atoms with E-state index in [-0.39, 0.29) is 41.3 Å². The van der Waals surface area contributed by atoms with Crippen LogP contribution in [-0.4, -0.2) is 71.2 Å². The summed E-state index contributed by atoms with van der Waals surface area (Å²) in [6.07, 6.45) is 0.362. The molecule has 0 bridgehead atoms. The van der Waals surface area contributed by atoms with Crippen LogP contribution in [0.5, 0.6) is 0 Å². The fraction of sp³-hybridized carbons (Fsp3) is 0.895. The van der Waals surface area contributed by atoms with Gasteiger partial charge < -0.3 is 19.6 Å². The maximum Gasteiger partial charge on any atom is 0.225 e. The topological polar surface area (TPSA) is 70.1 Å². The van der Waals surface area contributed by atoms with Gasteiger partial charge in [-0.3, -0.25) is 9.59 Å². The van der Waals surface area contributed by atoms with Gasteiger partial charge in [0.15, 0.2) is 0 Å². The standard InChI is InChI=1S/C10H19NO2.C9H17NO2/c1-7-8(13-5)6-9(12)11(4)10(7,2)3;1-6-7(11)5-8(12)10(4)9(6,2)3/h7-8H,6H2,1-5H3;6-7,11H,5H2,1-4H3. The Labute approximate surface area is 152 Å². The van der Waals surface area contributed by atoms with E-state index in [1.165, 1.54) is 0 Å². The highest BCUT2D eigenvalue weighted by molar-refractivity contribution is 5.78. The molecule has 4 atom stereocenters. The van der Waals surface area contributed by atoms with E-state index in [4.69, 9.17) is 4.74 Å². The Hall–Kier alpha value is -1.14. The summed E-state index contributed by atoms with van der Waals surface area (Å²) in [5, 5.41) is 9.55. The van der Waals surface area contributed by atoms with Crippen LogP contribution in [0.15, 0.2) is 0 Å². The van der Waals surface area contributed by atoms with Crippen molar-refractivity contribution in [1.82, 2.24) is 9.80 Å². The number of nitrogens with zero attached hydrogens (tertiary/aromatic N) is 2. The number of likely N-dealkylation sites (tertiary alicyclic amines) is 2. The van der Waals surface area contributed by atoms with E-state index < -0.39 is 6.10 Å². The Bertz CT molecular complexity index is 504. The number of rotatable bonds is 1. The van der Waals surface area contributed by atoms with Crippen LogP contribution in [0.3, 0.4) is 0 Å². The zero-order valence-electron chi connectivity index (χ0n) is 17.3. The molecule has 4 unspecified atom stereocenters. The third kappa shape index (κ3) is 4.17. The van der Waals surface area contributed by atoms with Crippen LogP contribution in [0.2, 0.25) is 0 Å². The predicted molar refractivity (Wildman–Crippen MR) is 98.1 cm³/mol. The fourth-order valence-corrected chi connectivity index (χ4v) is 3.45. The second-order valence-electron chi connectivity index (χ2n) is 8.54. The molecule has 2 aliphatic heterocycles. The van der Waals surface area contributed by atoms with Gasteiger partial charge in [0.05, 0.1) is 25.0 Å². The SMILES string of the molecule is CC1C(O)CC(=O)N(C)C1(C)C.COC1CC(=O)N(C)C(C)(C)C1C. The smallest absolute Gasteiger partial charge is 0.225 e. The zero-order chi connectivity index (χ0) is 19.7. The van der Waals surface area contributed by atoms with Crippen LogP contribution in [0.1, 0.15) is 54.4 Å². The summed E-state index contributed by atoms with van der Waals surface area (Å²) >= 11 is 0. The van der Waals surface area contributed by atoms with Crippen LogP contribution in [-0.2, 0) is 14.3 Å². The van der Waals surface area contributed by atoms with Crippen LogP contribution in [0, 0.1) is 11.8 Å². The zero-order valence-corrected chi connectivity index (χ0v) is 17.3. The first-order chi connectivity index (χ1) is 11.3. The highest BCUT2D eigenvalue weighted by atomic mass is 16.5. The molecule has 6 nitrogen and oxygen atoms in total. The van der Waals surface area contributed by atoms with E-state index in [0.29, 0.717) is 12.3 Å². The van der Waals surface area contributed by atoms with E-state index >= 15 is 0 Å². The number of hydrogen-bond donors (Lipinski definition) is 1. The summed E-state index contributed by atoms with van der Waals surface area (Å²) in [6.45, 7) is 12.3. The van der Waals surface area contributed by atoms with Crippen molar-refractivity contribution >= 4 is 11.8 Å². The van der Waals surface area contributed by atoms with E-state index in [1.54, 1.807) is 19.1 Å². The van der Waals surface area contributed by atoms with Crippen LogP contribution < -0.4 is 0 Å². The monoisotopic (exact) mass is 356 g/mol. The van der Waals surface area contributed by atoms with Gasteiger partial charge in [0, 0.05) is 44.1 Å². The number of piperidine rings is 2. The minimum Gasteiger partial charge on any atom is -0.392 e. The lowest BCUT2D eigenvalue weighted by Gasteiger charge is -2.47. The van der Waals surface area contributed by atoms with Gasteiger partial charge in [-0.05, 0) is 27.7 Å². The minimum atomic E-state index is -0.483. The first-order valence-corrected chi connectivity index (χ1v) is 9.02. The summed E-state index contributed by atoms with van der Waals surface area (Å²) in [5.41, 5.74) is -0.329. The average Bonchev–Trinajstić information content (AvgIpc) is 2.54. The van der Waals surface area contributed by atoms with Crippen molar-refractivity contribution in [3.8, 4) is 0 Å². The van der Waals surface area contributed by atoms with Crippen molar-refractivity contribution in [2.24, 2.45) is 11.8 Å². The van der Waals surface area contributed by atoms with Crippen LogP contribution >= 0.6 is 0 Å². The van der Waals surface area contributed by atoms with Gasteiger partial charge in [0.1, 0.15) is 0 Å². The molecule has 2 amide bonds. The Morgan fingerprint density at radius 3 is 1.76 bits per heavy atom. The van der Waals surface area contributed by atoms with Gasteiger partial charge in [-0.2, -0.15) is 0 Å². The largest absolute Gasteiger partial charge is 0.392 e. The second kappa shape index (κ2) is 7.62. The summed E-state index contributed by atoms with van der Waals surface area (Å²) in [7, 11) is 5.34. The molecular formula is C19H36N2O4. The van der Waals surface area contributed by atoms with E-state index in [1.807, 2.05) is 32.7 Å². The van der Waals surface area contributed by atoms with Crippen molar-refractivity contribution in [2.75, 3.05) is 21.2 Å². The number of ether oxygens (including phenoxy) is 1. The molecule has 6 heteroatoms. The molecule has 0 radical (unpaired) electrons. The molecule has 2 saturated heterocycles. The van der Waals surface area contributed by atoms with Crippen LogP contribution in [0.25, 0.3) is 0 Å². The molecule has 2 rings (SSSR count). The quantitative estimate of drug-likeness (QED) is 0.779. The molecule has 0 aromatic rings. The molecule has 146 valence electrons. The summed E-state index contributed by atoms with van der Waals surface area (Å²) < 4.78 is 5.31. The number of carbonyl (C=O) groups is 2. The molecule has 0 aromatic carbocycles. The van der Waals surface area contributed by atoms with Gasteiger partial charge in [0.25, 0.3) is 0 Å². The summed E-state index contributed by atoms with van der Waals surface area (Å²) in [6, 6.07) is 0. The number of aliphatic hydroxyl groups excluding tert-OH is 1. The van der Waals surface area contributed by atoms with E-state index in [2.05, 4.69) is 20.8 Å². The third-order valence-corrected chi connectivity index (χ3v) is 6.90. The van der Waals surface area contributed by atoms with Gasteiger partial charge in [-0.25, -0.2) is 0 Å². The molecule has 0 spiro atoms. The second-order valence-corrected chi connectivity index (χ2v) is 8.54. The van der Waals surface area contributed by atoms with Crippen LogP contribution in [0.4, 0.5) is 0 Å². The number of amides is 2. The molecule has 2 heterocycles. The lowest BCUT2D eigenvalue weighted by molar-refractivity contribution is -0.152. The summed E-state index contributed by atoms with van der Waals surface area (Å²) in [4.78, 5) is 26.5. The van der Waals surface area contributed by atoms with Gasteiger partial charge in [-0.15, -0.1) is 0 Å². The van der Waals surface area contributed by atoms with Crippen molar-refractivity contribution in [3.63, 3.8) is 0 Å². The Balaban J connectivity index is 0.000000251. The Morgan fingerprint density at radius 1 is 0.920 bits per heavy atom. The lowest BCUT2D eigenvalue weighted by atomic mass is 9.78. The van der Waals surface area contributed by atoms with Crippen molar-refractivity contribution in [2.45, 2.75) is 77.7 Å². The highest BCUT2D eigenvalue weighted by Gasteiger charge is 2.44. The molecular weight excluding hydrogens is 320 g/mol. The maximum atomic E-state index is 11.6. The lowest BCUT2D eigenvalue weighted by Crippen LogP contribution is -2.58. The Kier molecular flexibility index (Phi) is 6.68. The molecule has 2 fully saturated rings. The number of aliphatic hydroxyl groups is 1. The van der Waals surface area contributed by atoms with Gasteiger partial charge in [0.2, 0.25) is 11.8 Å². The minimum absolute atomic E-state index is 0.0330. The number of carbonyl (C=O) groups excluding carboxylic acids is 2. The molecule has 0 aliphatic carbocycles. The molecule has 1 N–H and O–H groups in total. The van der Waals surface area contributed by atoms with E-state index in [9.17, 15) is 14.7 Å². The van der Waals surface area contributed by atoms with Crippen molar-refractivity contribution < 1.29 is 19.4 Å². The third-order valence-electron chi connectivity index (χ3n) is 6.90. The first kappa shape index (κ1) is 21.9. The Morgan fingerprint density at radius 2 is 1.32 bits per heavy atom. The first-order valence-electron chi connectivity index (χ1n) is 9.02. The number of methoxy groups -OCH3 is 1. The van der Waals surface area contributed by atoms with Gasteiger partial charge in [-0.1, -0.05) is 13.8 Å². The number of hydrogen-bond acceptors (Lipinski definition) is 4. The van der Waals surface area contributed by atoms with Crippen molar-refractivity contribution in [1.29, 1.82) is 0 Å². The molecule has 0 saturated carbocycles. The van der Waals surface area contributed by atoms with E-state index in [0.717, 1.165) is 0 Å². The average molecular weight is 357 g/mol. The van der Waals surface area contributed by atoms with Gasteiger partial charge >= 0.3 is 0 Å². The normalized spacial score (nSPS) is 34.5. The summed E-state index contributed by atoms with van der Waals surface area (Å²) in [5.74, 6) is 0.723. The predicted octanol–water partition coefficient (Wildman–Crippen LogP) is 1.90. The highest BCUT2D eigenvalue weighted by Crippen LogP contribution is 2.34. The molecule has 0 aromatic heterocycles. The van der Waals surface area contributed by atoms with Crippen molar-refractivity contribution in [3.05, 3.63) is 0 Å². The molecule has 2 aliphatic rings. The fourth-order valence-electron chi connectivity index (χ4n) is 3.45. The molecule has 25 heavy (non-hydrogen) atoms.